The Balaban J connectivity index is 2.22. The molecule has 0 amide bonds. The van der Waals surface area contributed by atoms with Gasteiger partial charge in [0.1, 0.15) is 0 Å². The van der Waals surface area contributed by atoms with Crippen LogP contribution in [-0.4, -0.2) is 22.4 Å². The number of nitrogens with zero attached hydrogens (tertiary/aromatic N) is 2. The van der Waals surface area contributed by atoms with Crippen LogP contribution in [0.1, 0.15) is 23.0 Å². The van der Waals surface area contributed by atoms with Crippen LogP contribution in [0, 0.1) is 0 Å². The first-order chi connectivity index (χ1) is 9.41. The predicted octanol–water partition coefficient (Wildman–Crippen LogP) is 3.07. The smallest absolute Gasteiger partial charge is 0.416 e. The van der Waals surface area contributed by atoms with Crippen molar-refractivity contribution in [2.24, 2.45) is 0 Å². The first kappa shape index (κ1) is 14.1. The van der Waals surface area contributed by atoms with Gasteiger partial charge in [0.25, 0.3) is 0 Å². The summed E-state index contributed by atoms with van der Waals surface area (Å²) < 4.78 is 43.4. The van der Waals surface area contributed by atoms with Crippen molar-refractivity contribution < 1.29 is 22.7 Å². The van der Waals surface area contributed by atoms with Crippen molar-refractivity contribution >= 4 is 5.97 Å². The summed E-state index contributed by atoms with van der Waals surface area (Å²) in [5, 5.41) is 3.95. The number of hydrogen-bond acceptors (Lipinski definition) is 3. The third-order valence-electron chi connectivity index (χ3n) is 2.53. The summed E-state index contributed by atoms with van der Waals surface area (Å²) in [5.74, 6) is -0.571. The van der Waals surface area contributed by atoms with Gasteiger partial charge >= 0.3 is 12.1 Å². The van der Waals surface area contributed by atoms with Crippen LogP contribution in [0.5, 0.6) is 0 Å². The maximum absolute atomic E-state index is 12.4. The second kappa shape index (κ2) is 5.36. The van der Waals surface area contributed by atoms with Crippen LogP contribution in [0.3, 0.4) is 0 Å². The van der Waals surface area contributed by atoms with Crippen LogP contribution < -0.4 is 0 Å². The average Bonchev–Trinajstić information content (AvgIpc) is 2.88. The lowest BCUT2D eigenvalue weighted by atomic mass is 10.2. The first-order valence-electron chi connectivity index (χ1n) is 5.82. The molecule has 0 radical (unpaired) electrons. The molecular formula is C13H11F3N2O2. The number of aromatic nitrogens is 2. The highest BCUT2D eigenvalue weighted by atomic mass is 19.4. The Kier molecular flexibility index (Phi) is 3.78. The highest BCUT2D eigenvalue weighted by molar-refractivity contribution is 5.87. The molecule has 0 saturated heterocycles. The molecule has 0 saturated carbocycles. The van der Waals surface area contributed by atoms with E-state index in [0.29, 0.717) is 5.69 Å². The van der Waals surface area contributed by atoms with Crippen molar-refractivity contribution in [3.63, 3.8) is 0 Å². The minimum absolute atomic E-state index is 0.103. The molecule has 0 bridgehead atoms. The van der Waals surface area contributed by atoms with E-state index in [0.717, 1.165) is 12.1 Å². The lowest BCUT2D eigenvalue weighted by Crippen LogP contribution is -2.07. The Hall–Kier alpha value is -2.31. The zero-order chi connectivity index (χ0) is 14.8. The third kappa shape index (κ3) is 2.98. The van der Waals surface area contributed by atoms with Gasteiger partial charge in [0.15, 0.2) is 5.69 Å². The largest absolute Gasteiger partial charge is 0.461 e. The van der Waals surface area contributed by atoms with E-state index in [-0.39, 0.29) is 12.3 Å². The monoisotopic (exact) mass is 284 g/mol. The van der Waals surface area contributed by atoms with Gasteiger partial charge in [0.05, 0.1) is 17.9 Å². The molecule has 2 rings (SSSR count). The molecule has 7 heteroatoms. The summed E-state index contributed by atoms with van der Waals surface area (Å²) in [7, 11) is 0. The van der Waals surface area contributed by atoms with Crippen LogP contribution in [0.2, 0.25) is 0 Å². The zero-order valence-corrected chi connectivity index (χ0v) is 10.5. The number of carbonyl (C=O) groups is 1. The molecule has 4 nitrogen and oxygen atoms in total. The molecular weight excluding hydrogens is 273 g/mol. The maximum atomic E-state index is 12.4. The molecule has 0 aliphatic rings. The minimum atomic E-state index is -4.38. The quantitative estimate of drug-likeness (QED) is 0.814. The first-order valence-corrected chi connectivity index (χ1v) is 5.82. The van der Waals surface area contributed by atoms with E-state index in [4.69, 9.17) is 4.74 Å². The Bertz CT molecular complexity index is 603. The van der Waals surface area contributed by atoms with Gasteiger partial charge in [-0.15, -0.1) is 0 Å². The van der Waals surface area contributed by atoms with Gasteiger partial charge in [-0.1, -0.05) is 0 Å². The Morgan fingerprint density at radius 3 is 2.45 bits per heavy atom. The second-order valence-corrected chi connectivity index (χ2v) is 3.91. The van der Waals surface area contributed by atoms with Crippen LogP contribution in [0.4, 0.5) is 13.2 Å². The van der Waals surface area contributed by atoms with Crippen molar-refractivity contribution in [2.75, 3.05) is 6.61 Å². The molecule has 0 atom stereocenters. The Morgan fingerprint density at radius 2 is 1.90 bits per heavy atom. The number of rotatable bonds is 3. The van der Waals surface area contributed by atoms with Crippen LogP contribution in [-0.2, 0) is 10.9 Å². The van der Waals surface area contributed by atoms with Gasteiger partial charge in [-0.2, -0.15) is 18.3 Å². The highest BCUT2D eigenvalue weighted by Gasteiger charge is 2.30. The fourth-order valence-corrected chi connectivity index (χ4v) is 1.58. The molecule has 0 aliphatic heterocycles. The van der Waals surface area contributed by atoms with Gasteiger partial charge in [0.2, 0.25) is 0 Å². The molecule has 0 spiro atoms. The number of esters is 1. The number of ether oxygens (including phenoxy) is 1. The zero-order valence-electron chi connectivity index (χ0n) is 10.5. The SMILES string of the molecule is CCOC(=O)c1ccn(-c2ccc(C(F)(F)F)cc2)n1. The van der Waals surface area contributed by atoms with Gasteiger partial charge in [-0.05, 0) is 37.3 Å². The molecule has 0 N–H and O–H groups in total. The van der Waals surface area contributed by atoms with Gasteiger partial charge in [0, 0.05) is 6.20 Å². The van der Waals surface area contributed by atoms with E-state index in [1.807, 2.05) is 0 Å². The van der Waals surface area contributed by atoms with Gasteiger partial charge in [-0.3, -0.25) is 0 Å². The molecule has 20 heavy (non-hydrogen) atoms. The summed E-state index contributed by atoms with van der Waals surface area (Å²) in [6, 6.07) is 5.92. The van der Waals surface area contributed by atoms with Crippen molar-refractivity contribution in [1.82, 2.24) is 9.78 Å². The van der Waals surface area contributed by atoms with E-state index in [1.165, 1.54) is 29.1 Å². The number of hydrogen-bond donors (Lipinski definition) is 0. The number of alkyl halides is 3. The third-order valence-corrected chi connectivity index (χ3v) is 2.53. The van der Waals surface area contributed by atoms with E-state index < -0.39 is 17.7 Å². The summed E-state index contributed by atoms with van der Waals surface area (Å²) >= 11 is 0. The van der Waals surface area contributed by atoms with E-state index in [1.54, 1.807) is 6.92 Å². The summed E-state index contributed by atoms with van der Waals surface area (Å²) in [6.07, 6.45) is -2.90. The number of carbonyl (C=O) groups excluding carboxylic acids is 1. The van der Waals surface area contributed by atoms with Crippen molar-refractivity contribution in [3.05, 3.63) is 47.8 Å². The molecule has 0 unspecified atom stereocenters. The highest BCUT2D eigenvalue weighted by Crippen LogP contribution is 2.29. The number of halogens is 3. The van der Waals surface area contributed by atoms with Crippen molar-refractivity contribution in [3.8, 4) is 5.69 Å². The maximum Gasteiger partial charge on any atom is 0.416 e. The average molecular weight is 284 g/mol. The molecule has 2 aromatic rings. The fraction of sp³-hybridized carbons (Fsp3) is 0.231. The summed E-state index contributed by atoms with van der Waals surface area (Å²) in [5.41, 5.74) is -0.209. The standard InChI is InChI=1S/C13H11F3N2O2/c1-2-20-12(19)11-7-8-18(17-11)10-5-3-9(4-6-10)13(14,15)16/h3-8H,2H2,1H3. The molecule has 106 valence electrons. The molecule has 1 heterocycles. The van der Waals surface area contributed by atoms with Crippen LogP contribution in [0.15, 0.2) is 36.5 Å². The van der Waals surface area contributed by atoms with E-state index in [9.17, 15) is 18.0 Å². The Morgan fingerprint density at radius 1 is 1.25 bits per heavy atom. The lowest BCUT2D eigenvalue weighted by Gasteiger charge is -2.07. The Labute approximate surface area is 112 Å². The lowest BCUT2D eigenvalue weighted by molar-refractivity contribution is -0.137. The minimum Gasteiger partial charge on any atom is -0.461 e. The predicted molar refractivity (Wildman–Crippen MR) is 64.5 cm³/mol. The molecule has 0 aliphatic carbocycles. The van der Waals surface area contributed by atoms with Crippen molar-refractivity contribution in [2.45, 2.75) is 13.1 Å². The van der Waals surface area contributed by atoms with Crippen molar-refractivity contribution in [1.29, 1.82) is 0 Å². The van der Waals surface area contributed by atoms with Gasteiger partial charge < -0.3 is 4.74 Å². The van der Waals surface area contributed by atoms with E-state index in [2.05, 4.69) is 5.10 Å². The van der Waals surface area contributed by atoms with Gasteiger partial charge in [-0.25, -0.2) is 9.48 Å². The summed E-state index contributed by atoms with van der Waals surface area (Å²) in [6.45, 7) is 1.90. The summed E-state index contributed by atoms with van der Waals surface area (Å²) in [4.78, 5) is 11.4. The van der Waals surface area contributed by atoms with Crippen LogP contribution >= 0.6 is 0 Å². The topological polar surface area (TPSA) is 44.1 Å². The molecule has 1 aromatic carbocycles. The second-order valence-electron chi connectivity index (χ2n) is 3.91. The molecule has 1 aromatic heterocycles. The number of benzene rings is 1. The van der Waals surface area contributed by atoms with Crippen LogP contribution in [0.25, 0.3) is 5.69 Å². The normalized spacial score (nSPS) is 11.4. The molecule has 0 fully saturated rings. The fourth-order valence-electron chi connectivity index (χ4n) is 1.58. The van der Waals surface area contributed by atoms with E-state index >= 15 is 0 Å².